The van der Waals surface area contributed by atoms with Crippen LogP contribution in [0.1, 0.15) is 12.0 Å². The Balaban J connectivity index is 2.23. The Hall–Kier alpha value is -0.950. The van der Waals surface area contributed by atoms with Gasteiger partial charge in [0, 0.05) is 24.4 Å². The fourth-order valence-corrected chi connectivity index (χ4v) is 1.49. The van der Waals surface area contributed by atoms with Crippen molar-refractivity contribution < 1.29 is 13.5 Å². The molecule has 0 aliphatic heterocycles. The van der Waals surface area contributed by atoms with Crippen molar-refractivity contribution in [1.82, 2.24) is 4.72 Å². The van der Waals surface area contributed by atoms with Gasteiger partial charge >= 0.3 is 0 Å². The van der Waals surface area contributed by atoms with E-state index in [1.54, 1.807) is 0 Å². The van der Waals surface area contributed by atoms with Crippen LogP contribution in [0.25, 0.3) is 0 Å². The van der Waals surface area contributed by atoms with E-state index in [9.17, 15) is 8.76 Å². The van der Waals surface area contributed by atoms with Gasteiger partial charge in [-0.15, -0.1) is 0 Å². The summed E-state index contributed by atoms with van der Waals surface area (Å²) in [6.45, 7) is 1.33. The summed E-state index contributed by atoms with van der Waals surface area (Å²) in [4.78, 5) is 0. The first-order valence-electron chi connectivity index (χ1n) is 4.97. The lowest BCUT2D eigenvalue weighted by Gasteiger charge is -2.09. The van der Waals surface area contributed by atoms with Crippen LogP contribution in [0.4, 0.5) is 0 Å². The van der Waals surface area contributed by atoms with Gasteiger partial charge in [0.05, 0.1) is 6.61 Å². The van der Waals surface area contributed by atoms with Crippen molar-refractivity contribution in [3.05, 3.63) is 29.8 Å². The largest absolute Gasteiger partial charge is 0.760 e. The fraction of sp³-hybridized carbons (Fsp3) is 0.400. The SMILES string of the molecule is NCc1cccc(OCCCNS(=O)[O-])c1. The summed E-state index contributed by atoms with van der Waals surface area (Å²) in [5, 5.41) is 0. The van der Waals surface area contributed by atoms with Gasteiger partial charge in [0.25, 0.3) is 0 Å². The van der Waals surface area contributed by atoms with Gasteiger partial charge in [0.15, 0.2) is 0 Å². The highest BCUT2D eigenvalue weighted by atomic mass is 32.2. The lowest BCUT2D eigenvalue weighted by atomic mass is 10.2. The molecule has 1 atom stereocenters. The van der Waals surface area contributed by atoms with E-state index in [1.807, 2.05) is 24.3 Å². The second-order valence-corrected chi connectivity index (χ2v) is 3.94. The third-order valence-electron chi connectivity index (χ3n) is 1.94. The standard InChI is InChI=1S/C10H16N2O3S/c11-8-9-3-1-4-10(7-9)15-6-2-5-12-16(13)14/h1,3-4,7,12H,2,5-6,8,11H2,(H,13,14)/p-1. The van der Waals surface area contributed by atoms with Gasteiger partial charge in [-0.1, -0.05) is 12.1 Å². The van der Waals surface area contributed by atoms with E-state index >= 15 is 0 Å². The average Bonchev–Trinajstić information content (AvgIpc) is 2.28. The number of ether oxygens (including phenoxy) is 1. The molecule has 1 unspecified atom stereocenters. The van der Waals surface area contributed by atoms with Crippen LogP contribution in [0, 0.1) is 0 Å². The molecule has 5 nitrogen and oxygen atoms in total. The molecule has 1 aromatic rings. The van der Waals surface area contributed by atoms with Crippen molar-refractivity contribution in [2.45, 2.75) is 13.0 Å². The van der Waals surface area contributed by atoms with Gasteiger partial charge in [0.2, 0.25) is 0 Å². The molecule has 0 saturated heterocycles. The first-order valence-corrected chi connectivity index (χ1v) is 6.04. The van der Waals surface area contributed by atoms with Crippen LogP contribution in [-0.4, -0.2) is 21.9 Å². The van der Waals surface area contributed by atoms with Crippen LogP contribution in [0.15, 0.2) is 24.3 Å². The molecule has 16 heavy (non-hydrogen) atoms. The van der Waals surface area contributed by atoms with E-state index in [0.29, 0.717) is 26.1 Å². The number of rotatable bonds is 7. The van der Waals surface area contributed by atoms with Gasteiger partial charge in [-0.2, -0.15) is 0 Å². The van der Waals surface area contributed by atoms with Gasteiger partial charge in [0.1, 0.15) is 5.75 Å². The highest BCUT2D eigenvalue weighted by molar-refractivity contribution is 7.77. The van der Waals surface area contributed by atoms with Crippen LogP contribution in [-0.2, 0) is 17.8 Å². The van der Waals surface area contributed by atoms with Crippen LogP contribution >= 0.6 is 0 Å². The van der Waals surface area contributed by atoms with E-state index in [1.165, 1.54) is 0 Å². The van der Waals surface area contributed by atoms with Crippen LogP contribution in [0.2, 0.25) is 0 Å². The van der Waals surface area contributed by atoms with Crippen molar-refractivity contribution in [2.24, 2.45) is 5.73 Å². The molecular weight excluding hydrogens is 228 g/mol. The summed E-state index contributed by atoms with van der Waals surface area (Å²) in [6.07, 6.45) is 0.626. The highest BCUT2D eigenvalue weighted by Gasteiger charge is 1.95. The second-order valence-electron chi connectivity index (χ2n) is 3.18. The minimum Gasteiger partial charge on any atom is -0.760 e. The molecule has 0 bridgehead atoms. The van der Waals surface area contributed by atoms with Crippen molar-refractivity contribution in [3.63, 3.8) is 0 Å². The lowest BCUT2D eigenvalue weighted by molar-refractivity contribution is 0.311. The van der Waals surface area contributed by atoms with Gasteiger partial charge < -0.3 is 15.0 Å². The van der Waals surface area contributed by atoms with Gasteiger partial charge in [-0.3, -0.25) is 4.21 Å². The van der Waals surface area contributed by atoms with Gasteiger partial charge in [-0.25, -0.2) is 4.72 Å². The molecule has 0 aromatic heterocycles. The summed E-state index contributed by atoms with van der Waals surface area (Å²) in [5.41, 5.74) is 6.50. The smallest absolute Gasteiger partial charge is 0.119 e. The predicted molar refractivity (Wildman–Crippen MR) is 61.4 cm³/mol. The maximum absolute atomic E-state index is 10.2. The molecule has 0 aliphatic rings. The molecule has 0 amide bonds. The molecule has 0 fully saturated rings. The first kappa shape index (κ1) is 13.1. The van der Waals surface area contributed by atoms with Crippen molar-refractivity contribution in [3.8, 4) is 5.75 Å². The topological polar surface area (TPSA) is 87.4 Å². The van der Waals surface area contributed by atoms with Crippen LogP contribution in [0.5, 0.6) is 5.75 Å². The average molecular weight is 243 g/mol. The Morgan fingerprint density at radius 1 is 1.50 bits per heavy atom. The van der Waals surface area contributed by atoms with Crippen molar-refractivity contribution in [1.29, 1.82) is 0 Å². The van der Waals surface area contributed by atoms with E-state index < -0.39 is 11.3 Å². The zero-order chi connectivity index (χ0) is 11.8. The minimum atomic E-state index is -2.19. The minimum absolute atomic E-state index is 0.382. The zero-order valence-electron chi connectivity index (χ0n) is 8.85. The lowest BCUT2D eigenvalue weighted by Crippen LogP contribution is -2.19. The molecule has 0 spiro atoms. The van der Waals surface area contributed by atoms with E-state index in [0.717, 1.165) is 11.3 Å². The number of benzene rings is 1. The molecule has 0 aliphatic carbocycles. The van der Waals surface area contributed by atoms with E-state index in [2.05, 4.69) is 4.72 Å². The molecule has 6 heteroatoms. The van der Waals surface area contributed by atoms with Crippen molar-refractivity contribution in [2.75, 3.05) is 13.2 Å². The molecule has 1 rings (SSSR count). The monoisotopic (exact) mass is 243 g/mol. The summed E-state index contributed by atoms with van der Waals surface area (Å²) < 4.78 is 28.0. The Morgan fingerprint density at radius 3 is 3.00 bits per heavy atom. The second kappa shape index (κ2) is 7.34. The first-order chi connectivity index (χ1) is 7.72. The Labute approximate surface area is 97.4 Å². The third-order valence-corrected chi connectivity index (χ3v) is 2.38. The number of nitrogens with two attached hydrogens (primary N) is 1. The fourth-order valence-electron chi connectivity index (χ4n) is 1.18. The Kier molecular flexibility index (Phi) is 6.02. The maximum atomic E-state index is 10.2. The number of hydrogen-bond acceptors (Lipinski definition) is 4. The third kappa shape index (κ3) is 5.22. The van der Waals surface area contributed by atoms with E-state index in [4.69, 9.17) is 10.5 Å². The predicted octanol–water partition coefficient (Wildman–Crippen LogP) is 0.298. The molecular formula is C10H15N2O3S-. The molecule has 0 saturated carbocycles. The summed E-state index contributed by atoms with van der Waals surface area (Å²) in [7, 11) is 0. The number of hydrogen-bond donors (Lipinski definition) is 2. The van der Waals surface area contributed by atoms with Crippen LogP contribution in [0.3, 0.4) is 0 Å². The normalized spacial score (nSPS) is 12.4. The van der Waals surface area contributed by atoms with E-state index in [-0.39, 0.29) is 0 Å². The zero-order valence-corrected chi connectivity index (χ0v) is 9.66. The Bertz CT molecular complexity index is 347. The quantitative estimate of drug-likeness (QED) is 0.532. The molecule has 3 N–H and O–H groups in total. The summed E-state index contributed by atoms with van der Waals surface area (Å²) in [5.74, 6) is 0.756. The highest BCUT2D eigenvalue weighted by Crippen LogP contribution is 2.12. The number of nitrogens with one attached hydrogen (secondary N) is 1. The Morgan fingerprint density at radius 2 is 2.31 bits per heavy atom. The van der Waals surface area contributed by atoms with Crippen molar-refractivity contribution >= 4 is 11.3 Å². The summed E-state index contributed by atoms with van der Waals surface area (Å²) in [6, 6.07) is 7.52. The molecule has 90 valence electrons. The maximum Gasteiger partial charge on any atom is 0.119 e. The molecule has 0 heterocycles. The molecule has 1 aromatic carbocycles. The van der Waals surface area contributed by atoms with Crippen LogP contribution < -0.4 is 15.2 Å². The van der Waals surface area contributed by atoms with Gasteiger partial charge in [-0.05, 0) is 24.1 Å². The molecule has 0 radical (unpaired) electrons. The summed E-state index contributed by atoms with van der Waals surface area (Å²) >= 11 is -2.19.